The summed E-state index contributed by atoms with van der Waals surface area (Å²) in [5.41, 5.74) is 5.08. The molecule has 0 radical (unpaired) electrons. The van der Waals surface area contributed by atoms with E-state index in [-0.39, 0.29) is 14.1 Å². The average Bonchev–Trinajstić information content (AvgIpc) is 2.95. The monoisotopic (exact) mass is 546 g/mol. The third kappa shape index (κ3) is 6.25. The molecule has 0 saturated carbocycles. The van der Waals surface area contributed by atoms with Crippen LogP contribution in [0.15, 0.2) is 109 Å². The highest BCUT2D eigenvalue weighted by Crippen LogP contribution is 2.40. The van der Waals surface area contributed by atoms with E-state index < -0.39 is 0 Å². The molecule has 40 heavy (non-hydrogen) atoms. The van der Waals surface area contributed by atoms with Gasteiger partial charge in [0.15, 0.2) is 5.52 Å². The Morgan fingerprint density at radius 2 is 0.975 bits per heavy atom. The van der Waals surface area contributed by atoms with Crippen molar-refractivity contribution >= 4 is 19.4 Å². The van der Waals surface area contributed by atoms with Gasteiger partial charge in [0, 0.05) is 17.7 Å². The van der Waals surface area contributed by atoms with Crippen molar-refractivity contribution in [1.29, 1.82) is 0 Å². The number of benzene rings is 5. The zero-order valence-corrected chi connectivity index (χ0v) is 24.0. The van der Waals surface area contributed by atoms with Crippen molar-refractivity contribution in [2.75, 3.05) is 0 Å². The van der Waals surface area contributed by atoms with Gasteiger partial charge in [-0.2, -0.15) is 0 Å². The second-order valence-corrected chi connectivity index (χ2v) is 10.8. The Hall–Kier alpha value is -4.40. The highest BCUT2D eigenvalue weighted by atomic mass is 31.1. The van der Waals surface area contributed by atoms with Gasteiger partial charge >= 0.3 is 0 Å². The van der Waals surface area contributed by atoms with Crippen LogP contribution in [-0.4, -0.2) is 5.52 Å². The molecule has 0 saturated heterocycles. The van der Waals surface area contributed by atoms with Gasteiger partial charge in [-0.1, -0.05) is 60.7 Å². The lowest BCUT2D eigenvalue weighted by Crippen LogP contribution is -2.11. The van der Waals surface area contributed by atoms with E-state index in [1.165, 1.54) is 5.56 Å². The van der Waals surface area contributed by atoms with E-state index in [2.05, 4.69) is 19.9 Å². The minimum absolute atomic E-state index is 0.0330. The highest BCUT2D eigenvalue weighted by molar-refractivity contribution is 7.66. The number of ether oxygens (including phenoxy) is 3. The number of rotatable bonds is 9. The molecule has 0 amide bonds. The van der Waals surface area contributed by atoms with Gasteiger partial charge in [-0.05, 0) is 94.9 Å². The molecule has 0 N–H and O–H groups in total. The third-order valence-electron chi connectivity index (χ3n) is 6.78. The first-order valence-electron chi connectivity index (χ1n) is 13.1. The zero-order valence-electron chi connectivity index (χ0n) is 23.0. The molecule has 200 valence electrons. The van der Waals surface area contributed by atoms with Crippen LogP contribution in [0.2, 0.25) is 0 Å². The fourth-order valence-corrected chi connectivity index (χ4v) is 5.80. The lowest BCUT2D eigenvalue weighted by atomic mass is 9.95. The quantitative estimate of drug-likeness (QED) is 0.173. The highest BCUT2D eigenvalue weighted by Gasteiger charge is 2.23. The van der Waals surface area contributed by atoms with Crippen LogP contribution in [0.1, 0.15) is 32.6 Å². The van der Waals surface area contributed by atoms with E-state index in [0.29, 0.717) is 39.8 Å². The summed E-state index contributed by atoms with van der Waals surface area (Å²) >= 11 is 0. The molecule has 5 aromatic rings. The summed E-state index contributed by atoms with van der Waals surface area (Å²) in [6.45, 7) is 8.16. The Kier molecular flexibility index (Phi) is 8.28. The number of carbonyl (C=O) groups is 1. The predicted octanol–water partition coefficient (Wildman–Crippen LogP) is 9.44. The van der Waals surface area contributed by atoms with Gasteiger partial charge < -0.3 is 14.2 Å². The number of aryl methyl sites for hydroxylation is 2. The Morgan fingerprint density at radius 1 is 0.525 bits per heavy atom. The van der Waals surface area contributed by atoms with Gasteiger partial charge in [0.1, 0.15) is 34.5 Å². The first kappa shape index (κ1) is 27.2. The molecule has 0 bridgehead atoms. The van der Waals surface area contributed by atoms with E-state index in [0.717, 1.165) is 22.3 Å². The Labute approximate surface area is 237 Å². The second-order valence-electron chi connectivity index (χ2n) is 9.63. The second kappa shape index (κ2) is 12.2. The van der Waals surface area contributed by atoms with E-state index in [4.69, 9.17) is 14.2 Å². The Morgan fingerprint density at radius 3 is 1.45 bits per heavy atom. The number of para-hydroxylation sites is 3. The molecule has 1 atom stereocenters. The molecule has 4 nitrogen and oxygen atoms in total. The van der Waals surface area contributed by atoms with Crippen LogP contribution in [0.5, 0.6) is 34.5 Å². The minimum atomic E-state index is -0.237. The summed E-state index contributed by atoms with van der Waals surface area (Å²) in [5, 5.41) is 0.676. The maximum Gasteiger partial charge on any atom is 0.186 e. The SMILES string of the molecule is Cc1cc(C)c(C(=O)Pc2c(Oc3ccccc3)cc(Oc3ccccc3)cc2Oc2ccccc2)c(C)c1C. The Balaban J connectivity index is 1.64. The first-order chi connectivity index (χ1) is 19.4. The minimum Gasteiger partial charge on any atom is -0.457 e. The predicted molar refractivity (Wildman–Crippen MR) is 164 cm³/mol. The summed E-state index contributed by atoms with van der Waals surface area (Å²) in [4.78, 5) is 14.0. The standard InChI is InChI=1S/C35H31O4P/c1-23-20-24(2)33(26(4)25(23)3)35(36)40-34-31(38-28-16-10-6-11-17-28)21-30(37-27-14-8-5-9-15-27)22-32(34)39-29-18-12-7-13-19-29/h5-22,40H,1-4H3. The molecule has 5 rings (SSSR count). The third-order valence-corrected chi connectivity index (χ3v) is 8.00. The lowest BCUT2D eigenvalue weighted by molar-refractivity contribution is 0.108. The molecular formula is C35H31O4P. The number of hydrogen-bond donors (Lipinski definition) is 0. The molecule has 5 aromatic carbocycles. The summed E-state index contributed by atoms with van der Waals surface area (Å²) in [7, 11) is -0.237. The van der Waals surface area contributed by atoms with Crippen LogP contribution in [0.25, 0.3) is 0 Å². The largest absolute Gasteiger partial charge is 0.457 e. The Bertz CT molecular complexity index is 1570. The molecule has 0 aliphatic heterocycles. The molecule has 1 unspecified atom stereocenters. The van der Waals surface area contributed by atoms with Crippen LogP contribution in [0.4, 0.5) is 0 Å². The van der Waals surface area contributed by atoms with Crippen molar-refractivity contribution in [3.63, 3.8) is 0 Å². The van der Waals surface area contributed by atoms with Gasteiger partial charge in [0.25, 0.3) is 0 Å². The molecule has 0 heterocycles. The summed E-state index contributed by atoms with van der Waals surface area (Å²) in [6, 6.07) is 34.3. The van der Waals surface area contributed by atoms with Crippen molar-refractivity contribution in [1.82, 2.24) is 0 Å². The van der Waals surface area contributed by atoms with Crippen molar-refractivity contribution in [2.24, 2.45) is 0 Å². The van der Waals surface area contributed by atoms with Crippen LogP contribution in [0, 0.1) is 27.7 Å². The van der Waals surface area contributed by atoms with E-state index >= 15 is 0 Å². The van der Waals surface area contributed by atoms with E-state index in [1.54, 1.807) is 0 Å². The first-order valence-corrected chi connectivity index (χ1v) is 14.1. The van der Waals surface area contributed by atoms with Crippen molar-refractivity contribution in [3.05, 3.63) is 137 Å². The van der Waals surface area contributed by atoms with Crippen molar-refractivity contribution in [3.8, 4) is 34.5 Å². The van der Waals surface area contributed by atoms with Crippen molar-refractivity contribution in [2.45, 2.75) is 27.7 Å². The fourth-order valence-electron chi connectivity index (χ4n) is 4.57. The van der Waals surface area contributed by atoms with Gasteiger partial charge in [-0.3, -0.25) is 4.79 Å². The van der Waals surface area contributed by atoms with Gasteiger partial charge in [-0.15, -0.1) is 0 Å². The summed E-state index contributed by atoms with van der Waals surface area (Å²) in [5.74, 6) is 3.56. The molecule has 0 aromatic heterocycles. The zero-order chi connectivity index (χ0) is 28.1. The molecule has 0 fully saturated rings. The summed E-state index contributed by atoms with van der Waals surface area (Å²) < 4.78 is 19.0. The van der Waals surface area contributed by atoms with Gasteiger partial charge in [0.2, 0.25) is 0 Å². The normalized spacial score (nSPS) is 11.0. The number of carbonyl (C=O) groups excluding carboxylic acids is 1. The molecule has 0 aliphatic carbocycles. The molecular weight excluding hydrogens is 515 g/mol. The van der Waals surface area contributed by atoms with Crippen molar-refractivity contribution < 1.29 is 19.0 Å². The maximum absolute atomic E-state index is 14.0. The lowest BCUT2D eigenvalue weighted by Gasteiger charge is -2.19. The summed E-state index contributed by atoms with van der Waals surface area (Å²) in [6.07, 6.45) is 0. The van der Waals surface area contributed by atoms with Crippen LogP contribution in [-0.2, 0) is 0 Å². The van der Waals surface area contributed by atoms with Crippen LogP contribution >= 0.6 is 8.58 Å². The molecule has 0 spiro atoms. The van der Waals surface area contributed by atoms with Gasteiger partial charge in [0.05, 0.1) is 5.30 Å². The van der Waals surface area contributed by atoms with E-state index in [9.17, 15) is 4.79 Å². The van der Waals surface area contributed by atoms with Crippen LogP contribution < -0.4 is 19.5 Å². The maximum atomic E-state index is 14.0. The van der Waals surface area contributed by atoms with E-state index in [1.807, 2.05) is 117 Å². The average molecular weight is 547 g/mol. The topological polar surface area (TPSA) is 44.8 Å². The molecule has 0 aliphatic rings. The smallest absolute Gasteiger partial charge is 0.186 e. The molecule has 5 heteroatoms. The van der Waals surface area contributed by atoms with Crippen LogP contribution in [0.3, 0.4) is 0 Å². The number of hydrogen-bond acceptors (Lipinski definition) is 4. The fraction of sp³-hybridized carbons (Fsp3) is 0.114. The van der Waals surface area contributed by atoms with Gasteiger partial charge in [-0.25, -0.2) is 0 Å².